The van der Waals surface area contributed by atoms with Gasteiger partial charge in [0.15, 0.2) is 0 Å². The van der Waals surface area contributed by atoms with Gasteiger partial charge in [-0.3, -0.25) is 4.79 Å². The van der Waals surface area contributed by atoms with Gasteiger partial charge in [-0.15, -0.1) is 6.42 Å². The molecule has 0 aliphatic carbocycles. The van der Waals surface area contributed by atoms with Crippen LogP contribution in [0.2, 0.25) is 0 Å². The number of halogens is 4. The van der Waals surface area contributed by atoms with E-state index in [0.29, 0.717) is 0 Å². The molecule has 0 atom stereocenters. The Morgan fingerprint density at radius 2 is 2.00 bits per heavy atom. The summed E-state index contributed by atoms with van der Waals surface area (Å²) in [4.78, 5) is 10.1. The van der Waals surface area contributed by atoms with Gasteiger partial charge >= 0.3 is 12.3 Å². The molecule has 0 aliphatic rings. The average Bonchev–Trinajstić information content (AvgIpc) is 1.88. The maximum absolute atomic E-state index is 11.9. The van der Waals surface area contributed by atoms with E-state index in [1.807, 2.05) is 0 Å². The van der Waals surface area contributed by atoms with Crippen molar-refractivity contribution in [2.24, 2.45) is 0 Å². The van der Waals surface area contributed by atoms with Crippen LogP contribution in [-0.2, 0) is 4.79 Å². The van der Waals surface area contributed by atoms with Crippen molar-refractivity contribution in [1.82, 2.24) is 0 Å². The Morgan fingerprint density at radius 3 is 2.27 bits per heavy atom. The van der Waals surface area contributed by atoms with E-state index >= 15 is 0 Å². The number of carbonyl (C=O) groups excluding carboxylic acids is 1. The molecule has 0 unspecified atom stereocenters. The van der Waals surface area contributed by atoms with E-state index in [0.717, 1.165) is 0 Å². The minimum atomic E-state index is -4.60. The average molecular weight is 168 g/mol. The normalized spacial score (nSPS) is 11.3. The molecule has 0 saturated heterocycles. The van der Waals surface area contributed by atoms with Crippen molar-refractivity contribution >= 4 is 5.78 Å². The summed E-state index contributed by atoms with van der Waals surface area (Å²) in [5.74, 6) is -4.96. The van der Waals surface area contributed by atoms with Crippen LogP contribution in [-0.4, -0.2) is 18.1 Å². The standard InChI is InChI=1S/C6H4F4O/c1-2-3-4(11)6(9,10)5(7)8/h1,5H,3H2. The second kappa shape index (κ2) is 3.37. The lowest BCUT2D eigenvalue weighted by Gasteiger charge is -2.11. The number of terminal acetylenes is 1. The Bertz CT molecular complexity index is 191. The minimum absolute atomic E-state index is 0.975. The van der Waals surface area contributed by atoms with E-state index in [1.54, 1.807) is 5.92 Å². The van der Waals surface area contributed by atoms with E-state index < -0.39 is 24.6 Å². The topological polar surface area (TPSA) is 17.1 Å². The lowest BCUT2D eigenvalue weighted by molar-refractivity contribution is -0.165. The van der Waals surface area contributed by atoms with E-state index in [1.165, 1.54) is 0 Å². The zero-order chi connectivity index (χ0) is 9.07. The summed E-state index contributed by atoms with van der Waals surface area (Å²) in [6.07, 6.45) is -0.481. The summed E-state index contributed by atoms with van der Waals surface area (Å²) >= 11 is 0. The number of rotatable bonds is 3. The van der Waals surface area contributed by atoms with Crippen molar-refractivity contribution in [1.29, 1.82) is 0 Å². The lowest BCUT2D eigenvalue weighted by Crippen LogP contribution is -2.36. The largest absolute Gasteiger partial charge is 0.365 e. The molecule has 0 amide bonds. The molecule has 0 aromatic heterocycles. The van der Waals surface area contributed by atoms with Gasteiger partial charge in [-0.1, -0.05) is 5.92 Å². The smallest absolute Gasteiger partial charge is 0.292 e. The van der Waals surface area contributed by atoms with Crippen LogP contribution in [0.1, 0.15) is 6.42 Å². The molecule has 0 aromatic rings. The van der Waals surface area contributed by atoms with Gasteiger partial charge in [0.05, 0.1) is 6.42 Å². The zero-order valence-corrected chi connectivity index (χ0v) is 5.28. The molecule has 11 heavy (non-hydrogen) atoms. The second-order valence-electron chi connectivity index (χ2n) is 1.73. The molecule has 0 rings (SSSR count). The van der Waals surface area contributed by atoms with Crippen molar-refractivity contribution in [3.63, 3.8) is 0 Å². The third-order valence-corrected chi connectivity index (χ3v) is 0.908. The molecular weight excluding hydrogens is 164 g/mol. The van der Waals surface area contributed by atoms with Crippen LogP contribution < -0.4 is 0 Å². The summed E-state index contributed by atoms with van der Waals surface area (Å²) in [6, 6.07) is 0. The highest BCUT2D eigenvalue weighted by Gasteiger charge is 2.47. The van der Waals surface area contributed by atoms with E-state index in [2.05, 4.69) is 6.42 Å². The summed E-state index contributed by atoms with van der Waals surface area (Å²) in [6.45, 7) is 0. The highest BCUT2D eigenvalue weighted by molar-refractivity contribution is 5.87. The van der Waals surface area contributed by atoms with Crippen molar-refractivity contribution < 1.29 is 22.4 Å². The molecule has 0 heterocycles. The minimum Gasteiger partial charge on any atom is -0.292 e. The molecule has 0 aromatic carbocycles. The van der Waals surface area contributed by atoms with E-state index in [9.17, 15) is 22.4 Å². The first-order valence-electron chi connectivity index (χ1n) is 2.55. The van der Waals surface area contributed by atoms with E-state index in [-0.39, 0.29) is 0 Å². The molecule has 0 spiro atoms. The second-order valence-corrected chi connectivity index (χ2v) is 1.73. The van der Waals surface area contributed by atoms with Crippen LogP contribution in [0.15, 0.2) is 0 Å². The van der Waals surface area contributed by atoms with Crippen molar-refractivity contribution in [2.75, 3.05) is 0 Å². The molecule has 0 N–H and O–H groups in total. The van der Waals surface area contributed by atoms with Crippen LogP contribution >= 0.6 is 0 Å². The lowest BCUT2D eigenvalue weighted by atomic mass is 10.2. The molecule has 5 heteroatoms. The molecule has 0 radical (unpaired) electrons. The number of hydrogen-bond acceptors (Lipinski definition) is 1. The highest BCUT2D eigenvalue weighted by Crippen LogP contribution is 2.24. The summed E-state index contributed by atoms with van der Waals surface area (Å²) < 4.78 is 46.6. The molecule has 0 bridgehead atoms. The Balaban J connectivity index is 4.32. The first kappa shape index (κ1) is 9.95. The summed E-state index contributed by atoms with van der Waals surface area (Å²) in [7, 11) is 0. The van der Waals surface area contributed by atoms with Crippen molar-refractivity contribution in [2.45, 2.75) is 18.8 Å². The third-order valence-electron chi connectivity index (χ3n) is 0.908. The van der Waals surface area contributed by atoms with Gasteiger partial charge < -0.3 is 0 Å². The number of Topliss-reactive ketones (excluding diaryl/α,β-unsaturated/α-hetero) is 1. The van der Waals surface area contributed by atoms with Crippen LogP contribution in [0.3, 0.4) is 0 Å². The van der Waals surface area contributed by atoms with Crippen LogP contribution in [0, 0.1) is 12.3 Å². The van der Waals surface area contributed by atoms with Gasteiger partial charge in [-0.25, -0.2) is 8.78 Å². The first-order valence-corrected chi connectivity index (χ1v) is 2.55. The molecule has 62 valence electrons. The predicted octanol–water partition coefficient (Wildman–Crippen LogP) is 1.48. The van der Waals surface area contributed by atoms with Gasteiger partial charge in [-0.05, 0) is 0 Å². The Labute approximate surface area is 60.4 Å². The fourth-order valence-corrected chi connectivity index (χ4v) is 0.332. The number of ketones is 1. The quantitative estimate of drug-likeness (QED) is 0.460. The number of hydrogen-bond donors (Lipinski definition) is 0. The van der Waals surface area contributed by atoms with Gasteiger partial charge in [0, 0.05) is 0 Å². The Morgan fingerprint density at radius 1 is 1.55 bits per heavy atom. The maximum Gasteiger partial charge on any atom is 0.365 e. The van der Waals surface area contributed by atoms with E-state index in [4.69, 9.17) is 0 Å². The van der Waals surface area contributed by atoms with Crippen LogP contribution in [0.4, 0.5) is 17.6 Å². The summed E-state index contributed by atoms with van der Waals surface area (Å²) in [5, 5.41) is 0. The Kier molecular flexibility index (Phi) is 3.05. The molecular formula is C6H4F4O. The Hall–Kier alpha value is -1.05. The fourth-order valence-electron chi connectivity index (χ4n) is 0.332. The predicted molar refractivity (Wildman–Crippen MR) is 29.4 cm³/mol. The number of alkyl halides is 4. The highest BCUT2D eigenvalue weighted by atomic mass is 19.3. The van der Waals surface area contributed by atoms with Gasteiger partial charge in [-0.2, -0.15) is 8.78 Å². The number of carbonyl (C=O) groups is 1. The van der Waals surface area contributed by atoms with Gasteiger partial charge in [0.25, 0.3) is 0 Å². The van der Waals surface area contributed by atoms with Gasteiger partial charge in [0.1, 0.15) is 0 Å². The fraction of sp³-hybridized carbons (Fsp3) is 0.500. The molecule has 0 fully saturated rings. The van der Waals surface area contributed by atoms with Crippen molar-refractivity contribution in [3.8, 4) is 12.3 Å². The van der Waals surface area contributed by atoms with Gasteiger partial charge in [0.2, 0.25) is 5.78 Å². The monoisotopic (exact) mass is 168 g/mol. The third kappa shape index (κ3) is 2.22. The molecule has 1 nitrogen and oxygen atoms in total. The van der Waals surface area contributed by atoms with Crippen LogP contribution in [0.5, 0.6) is 0 Å². The maximum atomic E-state index is 11.9. The molecule has 0 aliphatic heterocycles. The molecule has 0 saturated carbocycles. The SMILES string of the molecule is C#CCC(=O)C(F)(F)C(F)F. The summed E-state index contributed by atoms with van der Waals surface area (Å²) in [5.41, 5.74) is 0. The first-order chi connectivity index (χ1) is 4.92. The van der Waals surface area contributed by atoms with Crippen LogP contribution in [0.25, 0.3) is 0 Å². The zero-order valence-electron chi connectivity index (χ0n) is 5.28. The van der Waals surface area contributed by atoms with Crippen molar-refractivity contribution in [3.05, 3.63) is 0 Å².